The summed E-state index contributed by atoms with van der Waals surface area (Å²) in [5.74, 6) is 2.11. The highest BCUT2D eigenvalue weighted by Crippen LogP contribution is 2.38. The van der Waals surface area contributed by atoms with Crippen LogP contribution in [0.5, 0.6) is 0 Å². The highest BCUT2D eigenvalue weighted by molar-refractivity contribution is 4.80. The van der Waals surface area contributed by atoms with Gasteiger partial charge in [-0.3, -0.25) is 0 Å². The Morgan fingerprint density at radius 2 is 1.18 bits per heavy atom. The van der Waals surface area contributed by atoms with Crippen LogP contribution in [0.15, 0.2) is 0 Å². The first-order valence-electron chi connectivity index (χ1n) is 12.2. The summed E-state index contributed by atoms with van der Waals surface area (Å²) in [7, 11) is 5.16. The molecule has 2 rings (SSSR count). The molecule has 28 heavy (non-hydrogen) atoms. The molecule has 1 saturated carbocycles. The van der Waals surface area contributed by atoms with Crippen LogP contribution in [0.25, 0.3) is 0 Å². The quantitative estimate of drug-likeness (QED) is 0.153. The van der Waals surface area contributed by atoms with Crippen molar-refractivity contribution < 1.29 is 56.9 Å². The van der Waals surface area contributed by atoms with E-state index in [-0.39, 0.29) is 48.0 Å². The molecule has 2 aliphatic rings. The molecule has 0 N–H and O–H groups in total. The van der Waals surface area contributed by atoms with E-state index in [1.807, 2.05) is 0 Å². The number of rotatable bonds is 13. The summed E-state index contributed by atoms with van der Waals surface area (Å²) in [5, 5.41) is 0. The number of halogens is 2. The highest BCUT2D eigenvalue weighted by Gasteiger charge is 2.44. The largest absolute Gasteiger partial charge is 1.00 e. The number of nitrogens with zero attached hydrogens (tertiary/aromatic N) is 2. The molecule has 0 radical (unpaired) electrons. The van der Waals surface area contributed by atoms with Crippen LogP contribution in [0.3, 0.4) is 0 Å². The van der Waals surface area contributed by atoms with E-state index in [9.17, 15) is 0 Å². The lowest BCUT2D eigenvalue weighted by Crippen LogP contribution is -3.00. The Bertz CT molecular complexity index is 363. The molecule has 1 heterocycles. The molecular weight excluding hydrogens is 570 g/mol. The van der Waals surface area contributed by atoms with E-state index in [2.05, 4.69) is 27.9 Å². The fourth-order valence-electron chi connectivity index (χ4n) is 5.81. The van der Waals surface area contributed by atoms with Crippen molar-refractivity contribution in [3.63, 3.8) is 0 Å². The molecule has 2 fully saturated rings. The normalized spacial score (nSPS) is 27.0. The minimum absolute atomic E-state index is 0. The molecule has 0 spiro atoms. The lowest BCUT2D eigenvalue weighted by Gasteiger charge is -2.39. The predicted molar refractivity (Wildman–Crippen MR) is 115 cm³/mol. The van der Waals surface area contributed by atoms with Gasteiger partial charge in [-0.1, -0.05) is 52.4 Å². The second kappa shape index (κ2) is 15.2. The Balaban J connectivity index is 0.00000364. The summed E-state index contributed by atoms with van der Waals surface area (Å²) in [6.07, 6.45) is 17.4. The molecule has 2 nitrogen and oxygen atoms in total. The zero-order valence-electron chi connectivity index (χ0n) is 19.5. The molecule has 2 unspecified atom stereocenters. The number of quaternary nitrogens is 2. The van der Waals surface area contributed by atoms with Gasteiger partial charge in [-0.05, 0) is 38.5 Å². The third kappa shape index (κ3) is 10.1. The Kier molecular flexibility index (Phi) is 16.0. The van der Waals surface area contributed by atoms with Crippen molar-refractivity contribution in [1.82, 2.24) is 0 Å². The first-order chi connectivity index (χ1) is 12.5. The van der Waals surface area contributed by atoms with Gasteiger partial charge < -0.3 is 56.9 Å². The zero-order valence-corrected chi connectivity index (χ0v) is 23.8. The van der Waals surface area contributed by atoms with Crippen LogP contribution in [-0.2, 0) is 0 Å². The number of unbranched alkanes of at least 4 members (excludes halogenated alkanes) is 6. The van der Waals surface area contributed by atoms with Crippen molar-refractivity contribution in [1.29, 1.82) is 0 Å². The van der Waals surface area contributed by atoms with Gasteiger partial charge in [0.2, 0.25) is 0 Å². The molecule has 0 aromatic heterocycles. The van der Waals surface area contributed by atoms with Crippen LogP contribution in [0.1, 0.15) is 90.9 Å². The molecule has 1 aliphatic heterocycles. The standard InChI is InChI=1S/C24H50N2.2HI/c1-5-7-9-13-17-25(3,18-14-10-8-6-2)19-20-26(4)21-23-15-11-12-16-24(23)22-26;;/h23-24H,5-22H2,1-4H3;2*1H/q+2;;/p-2. The molecule has 1 saturated heterocycles. The highest BCUT2D eigenvalue weighted by atomic mass is 127. The number of hydrogen-bond acceptors (Lipinski definition) is 0. The molecule has 0 bridgehead atoms. The van der Waals surface area contributed by atoms with Gasteiger partial charge in [0, 0.05) is 11.8 Å². The number of likely N-dealkylation sites (N-methyl/N-ethyl adjacent to an activating group) is 2. The summed E-state index contributed by atoms with van der Waals surface area (Å²) >= 11 is 0. The van der Waals surface area contributed by atoms with E-state index in [4.69, 9.17) is 0 Å². The second-order valence-corrected chi connectivity index (χ2v) is 10.4. The minimum Gasteiger partial charge on any atom is -1.00 e. The summed E-state index contributed by atoms with van der Waals surface area (Å²) in [6.45, 7) is 13.3. The van der Waals surface area contributed by atoms with Crippen molar-refractivity contribution in [2.24, 2.45) is 11.8 Å². The van der Waals surface area contributed by atoms with Crippen LogP contribution >= 0.6 is 0 Å². The van der Waals surface area contributed by atoms with Crippen LogP contribution in [-0.4, -0.2) is 62.3 Å². The van der Waals surface area contributed by atoms with Crippen LogP contribution in [0.4, 0.5) is 0 Å². The second-order valence-electron chi connectivity index (χ2n) is 10.4. The number of fused-ring (bicyclic) bond motifs is 1. The third-order valence-corrected chi connectivity index (χ3v) is 7.70. The average molecular weight is 620 g/mol. The smallest absolute Gasteiger partial charge is 0.128 e. The monoisotopic (exact) mass is 620 g/mol. The van der Waals surface area contributed by atoms with Gasteiger partial charge in [0.05, 0.1) is 40.3 Å². The van der Waals surface area contributed by atoms with Crippen molar-refractivity contribution in [3.8, 4) is 0 Å². The Morgan fingerprint density at radius 3 is 1.61 bits per heavy atom. The minimum atomic E-state index is 0. The van der Waals surface area contributed by atoms with E-state index < -0.39 is 0 Å². The maximum atomic E-state index is 2.58. The van der Waals surface area contributed by atoms with Gasteiger partial charge >= 0.3 is 0 Å². The fourth-order valence-corrected chi connectivity index (χ4v) is 5.81. The molecule has 170 valence electrons. The summed E-state index contributed by atoms with van der Waals surface area (Å²) in [5.41, 5.74) is 0. The van der Waals surface area contributed by atoms with Gasteiger partial charge in [0.1, 0.15) is 13.1 Å². The summed E-state index contributed by atoms with van der Waals surface area (Å²) < 4.78 is 2.73. The lowest BCUT2D eigenvalue weighted by atomic mass is 9.82. The van der Waals surface area contributed by atoms with E-state index in [1.165, 1.54) is 125 Å². The molecule has 0 aromatic rings. The zero-order chi connectivity index (χ0) is 18.9. The predicted octanol–water partition coefficient (Wildman–Crippen LogP) is -0.132. The van der Waals surface area contributed by atoms with Gasteiger partial charge in [0.15, 0.2) is 0 Å². The SMILES string of the molecule is CCCCCC[N+](C)(CCCCCC)CC[N+]1(C)CC2CCCCC2C1.[I-].[I-]. The van der Waals surface area contributed by atoms with Gasteiger partial charge in [-0.2, -0.15) is 0 Å². The average Bonchev–Trinajstić information content (AvgIpc) is 2.98. The third-order valence-electron chi connectivity index (χ3n) is 7.70. The topological polar surface area (TPSA) is 0 Å². The van der Waals surface area contributed by atoms with Gasteiger partial charge in [-0.15, -0.1) is 0 Å². The first-order valence-corrected chi connectivity index (χ1v) is 12.2. The van der Waals surface area contributed by atoms with Crippen molar-refractivity contribution >= 4 is 0 Å². The Hall–Kier alpha value is 1.38. The van der Waals surface area contributed by atoms with E-state index >= 15 is 0 Å². The maximum Gasteiger partial charge on any atom is 0.128 e. The molecule has 1 aliphatic carbocycles. The van der Waals surface area contributed by atoms with Crippen molar-refractivity contribution in [2.75, 3.05) is 53.4 Å². The van der Waals surface area contributed by atoms with Crippen LogP contribution < -0.4 is 48.0 Å². The number of likely N-dealkylation sites (tertiary alicyclic amines) is 1. The lowest BCUT2D eigenvalue weighted by molar-refractivity contribution is -0.960. The summed E-state index contributed by atoms with van der Waals surface area (Å²) in [4.78, 5) is 0. The van der Waals surface area contributed by atoms with Crippen LogP contribution in [0.2, 0.25) is 0 Å². The van der Waals surface area contributed by atoms with E-state index in [1.54, 1.807) is 0 Å². The van der Waals surface area contributed by atoms with E-state index in [0.717, 1.165) is 11.8 Å². The summed E-state index contributed by atoms with van der Waals surface area (Å²) in [6, 6.07) is 0. The Morgan fingerprint density at radius 1 is 0.714 bits per heavy atom. The first kappa shape index (κ1) is 29.4. The van der Waals surface area contributed by atoms with Crippen LogP contribution in [0, 0.1) is 11.8 Å². The van der Waals surface area contributed by atoms with Gasteiger partial charge in [0.25, 0.3) is 0 Å². The molecule has 0 aromatic carbocycles. The fraction of sp³-hybridized carbons (Fsp3) is 1.00. The Labute approximate surface area is 211 Å². The molecule has 4 heteroatoms. The van der Waals surface area contributed by atoms with Crippen molar-refractivity contribution in [2.45, 2.75) is 90.9 Å². The molecular formula is C24H50I2N2. The molecule has 2 atom stereocenters. The maximum absolute atomic E-state index is 2.58. The number of hydrogen-bond donors (Lipinski definition) is 0. The van der Waals surface area contributed by atoms with E-state index in [0.29, 0.717) is 0 Å². The van der Waals surface area contributed by atoms with Crippen molar-refractivity contribution in [3.05, 3.63) is 0 Å². The molecule has 0 amide bonds. The van der Waals surface area contributed by atoms with Gasteiger partial charge in [-0.25, -0.2) is 0 Å².